The van der Waals surface area contributed by atoms with Crippen LogP contribution < -0.4 is 5.32 Å². The zero-order valence-corrected chi connectivity index (χ0v) is 11.9. The van der Waals surface area contributed by atoms with Crippen molar-refractivity contribution in [1.29, 1.82) is 0 Å². The zero-order valence-electron chi connectivity index (χ0n) is 10.4. The van der Waals surface area contributed by atoms with Crippen LogP contribution in [0.3, 0.4) is 0 Å². The fourth-order valence-corrected chi connectivity index (χ4v) is 2.12. The van der Waals surface area contributed by atoms with Crippen LogP contribution in [0.4, 0.5) is 10.1 Å². The molecule has 0 fully saturated rings. The summed E-state index contributed by atoms with van der Waals surface area (Å²) in [5, 5.41) is 11.5. The average Bonchev–Trinajstić information content (AvgIpc) is 2.40. The number of amides is 1. The third-order valence-corrected chi connectivity index (χ3v) is 3.20. The van der Waals surface area contributed by atoms with Gasteiger partial charge in [-0.05, 0) is 30.3 Å². The van der Waals surface area contributed by atoms with E-state index in [-0.39, 0.29) is 26.9 Å². The molecule has 0 aromatic heterocycles. The summed E-state index contributed by atoms with van der Waals surface area (Å²) in [6, 6.07) is 7.72. The van der Waals surface area contributed by atoms with Crippen LogP contribution >= 0.6 is 23.2 Å². The Morgan fingerprint density at radius 3 is 2.48 bits per heavy atom. The second kappa shape index (κ2) is 6.11. The summed E-state index contributed by atoms with van der Waals surface area (Å²) >= 11 is 11.5. The summed E-state index contributed by atoms with van der Waals surface area (Å²) in [6.45, 7) is 0. The first-order valence-corrected chi connectivity index (χ1v) is 6.44. The van der Waals surface area contributed by atoms with Gasteiger partial charge >= 0.3 is 5.97 Å². The molecule has 1 amide bonds. The van der Waals surface area contributed by atoms with E-state index in [0.29, 0.717) is 0 Å². The lowest BCUT2D eigenvalue weighted by molar-refractivity contribution is 0.0698. The minimum Gasteiger partial charge on any atom is -0.478 e. The highest BCUT2D eigenvalue weighted by Crippen LogP contribution is 2.24. The Hall–Kier alpha value is -2.11. The molecule has 0 atom stereocenters. The van der Waals surface area contributed by atoms with Gasteiger partial charge in [0.2, 0.25) is 0 Å². The molecule has 0 spiro atoms. The number of carboxylic acids is 1. The van der Waals surface area contributed by atoms with E-state index in [1.54, 1.807) is 0 Å². The molecule has 0 saturated carbocycles. The summed E-state index contributed by atoms with van der Waals surface area (Å²) in [5.41, 5.74) is -0.565. The Morgan fingerprint density at radius 2 is 1.86 bits per heavy atom. The van der Waals surface area contributed by atoms with Crippen molar-refractivity contribution in [2.45, 2.75) is 0 Å². The number of hydrogen-bond donors (Lipinski definition) is 2. The number of carboxylic acid groups (broad SMARTS) is 1. The lowest BCUT2D eigenvalue weighted by atomic mass is 10.1. The van der Waals surface area contributed by atoms with Crippen molar-refractivity contribution in [3.63, 3.8) is 0 Å². The molecule has 7 heteroatoms. The SMILES string of the molecule is O=C(O)c1cc(Cl)ccc1NC(=O)c1c(F)cccc1Cl. The molecule has 0 unspecified atom stereocenters. The van der Waals surface area contributed by atoms with Crippen LogP contribution in [0.15, 0.2) is 36.4 Å². The largest absolute Gasteiger partial charge is 0.478 e. The van der Waals surface area contributed by atoms with Gasteiger partial charge in [0, 0.05) is 5.02 Å². The first-order chi connectivity index (χ1) is 9.90. The van der Waals surface area contributed by atoms with Gasteiger partial charge in [-0.2, -0.15) is 0 Å². The van der Waals surface area contributed by atoms with Crippen LogP contribution in [0.5, 0.6) is 0 Å². The van der Waals surface area contributed by atoms with Crippen LogP contribution in [0, 0.1) is 5.82 Å². The number of halogens is 3. The summed E-state index contributed by atoms with van der Waals surface area (Å²) in [6.07, 6.45) is 0. The van der Waals surface area contributed by atoms with Crippen molar-refractivity contribution in [2.24, 2.45) is 0 Å². The number of aromatic carboxylic acids is 1. The van der Waals surface area contributed by atoms with Gasteiger partial charge in [-0.1, -0.05) is 29.3 Å². The van der Waals surface area contributed by atoms with Gasteiger partial charge in [-0.15, -0.1) is 0 Å². The number of hydrogen-bond acceptors (Lipinski definition) is 2. The smallest absolute Gasteiger partial charge is 0.337 e. The fraction of sp³-hybridized carbons (Fsp3) is 0. The number of nitrogens with one attached hydrogen (secondary N) is 1. The van der Waals surface area contributed by atoms with E-state index in [4.69, 9.17) is 28.3 Å². The van der Waals surface area contributed by atoms with Gasteiger partial charge in [-0.25, -0.2) is 9.18 Å². The molecule has 0 saturated heterocycles. The first-order valence-electron chi connectivity index (χ1n) is 5.68. The molecule has 0 aliphatic rings. The van der Waals surface area contributed by atoms with E-state index in [9.17, 15) is 14.0 Å². The molecule has 0 radical (unpaired) electrons. The highest BCUT2D eigenvalue weighted by Gasteiger charge is 2.19. The predicted octanol–water partition coefficient (Wildman–Crippen LogP) is 4.08. The third kappa shape index (κ3) is 3.32. The molecular formula is C14H8Cl2FNO3. The molecular weight excluding hydrogens is 320 g/mol. The van der Waals surface area contributed by atoms with E-state index >= 15 is 0 Å². The Bertz CT molecular complexity index is 714. The van der Waals surface area contributed by atoms with Gasteiger partial charge in [-0.3, -0.25) is 4.79 Å². The van der Waals surface area contributed by atoms with E-state index < -0.39 is 17.7 Å². The highest BCUT2D eigenvalue weighted by molar-refractivity contribution is 6.34. The highest BCUT2D eigenvalue weighted by atomic mass is 35.5. The molecule has 4 nitrogen and oxygen atoms in total. The van der Waals surface area contributed by atoms with E-state index in [1.807, 2.05) is 0 Å². The summed E-state index contributed by atoms with van der Waals surface area (Å²) < 4.78 is 13.6. The van der Waals surface area contributed by atoms with Gasteiger partial charge in [0.05, 0.1) is 21.8 Å². The van der Waals surface area contributed by atoms with Gasteiger partial charge < -0.3 is 10.4 Å². The molecule has 0 bridgehead atoms. The molecule has 0 heterocycles. The lowest BCUT2D eigenvalue weighted by Gasteiger charge is -2.10. The molecule has 108 valence electrons. The molecule has 0 aliphatic heterocycles. The van der Waals surface area contributed by atoms with Crippen LogP contribution in [-0.4, -0.2) is 17.0 Å². The Morgan fingerprint density at radius 1 is 1.14 bits per heavy atom. The quantitative estimate of drug-likeness (QED) is 0.892. The number of benzene rings is 2. The lowest BCUT2D eigenvalue weighted by Crippen LogP contribution is -2.16. The molecule has 0 aliphatic carbocycles. The Balaban J connectivity index is 2.39. The fourth-order valence-electron chi connectivity index (χ4n) is 1.70. The molecule has 21 heavy (non-hydrogen) atoms. The minimum atomic E-state index is -1.27. The maximum absolute atomic E-state index is 13.6. The van der Waals surface area contributed by atoms with Crippen LogP contribution in [0.2, 0.25) is 10.0 Å². The van der Waals surface area contributed by atoms with Crippen molar-refractivity contribution >= 4 is 40.8 Å². The summed E-state index contributed by atoms with van der Waals surface area (Å²) in [7, 11) is 0. The van der Waals surface area contributed by atoms with E-state index in [1.165, 1.54) is 30.3 Å². The van der Waals surface area contributed by atoms with E-state index in [2.05, 4.69) is 5.32 Å². The number of rotatable bonds is 3. The maximum atomic E-state index is 13.6. The van der Waals surface area contributed by atoms with Crippen molar-refractivity contribution in [3.05, 3.63) is 63.4 Å². The molecule has 2 N–H and O–H groups in total. The second-order valence-electron chi connectivity index (χ2n) is 4.05. The predicted molar refractivity (Wildman–Crippen MR) is 77.8 cm³/mol. The van der Waals surface area contributed by atoms with Crippen molar-refractivity contribution < 1.29 is 19.1 Å². The van der Waals surface area contributed by atoms with Gasteiger partial charge in [0.25, 0.3) is 5.91 Å². The standard InChI is InChI=1S/C14H8Cl2FNO3/c15-7-4-5-11(8(6-7)14(20)21)18-13(19)12-9(16)2-1-3-10(12)17/h1-6H,(H,18,19)(H,20,21). The number of anilines is 1. The number of carbonyl (C=O) groups is 2. The monoisotopic (exact) mass is 327 g/mol. The maximum Gasteiger partial charge on any atom is 0.337 e. The molecule has 2 aromatic carbocycles. The third-order valence-electron chi connectivity index (χ3n) is 2.65. The van der Waals surface area contributed by atoms with Gasteiger partial charge in [0.1, 0.15) is 5.82 Å². The minimum absolute atomic E-state index is 0.00350. The van der Waals surface area contributed by atoms with Crippen molar-refractivity contribution in [3.8, 4) is 0 Å². The van der Waals surface area contributed by atoms with Crippen LogP contribution in [0.1, 0.15) is 20.7 Å². The normalized spacial score (nSPS) is 10.2. The number of carbonyl (C=O) groups excluding carboxylic acids is 1. The summed E-state index contributed by atoms with van der Waals surface area (Å²) in [5.74, 6) is -2.92. The molecule has 2 rings (SSSR count). The van der Waals surface area contributed by atoms with Gasteiger partial charge in [0.15, 0.2) is 0 Å². The van der Waals surface area contributed by atoms with Crippen molar-refractivity contribution in [1.82, 2.24) is 0 Å². The topological polar surface area (TPSA) is 66.4 Å². The van der Waals surface area contributed by atoms with Crippen LogP contribution in [0.25, 0.3) is 0 Å². The average molecular weight is 328 g/mol. The van der Waals surface area contributed by atoms with E-state index in [0.717, 1.165) is 6.07 Å². The Labute approximate surface area is 129 Å². The van der Waals surface area contributed by atoms with Crippen molar-refractivity contribution in [2.75, 3.05) is 5.32 Å². The first kappa shape index (κ1) is 15.3. The zero-order chi connectivity index (χ0) is 15.6. The Kier molecular flexibility index (Phi) is 4.45. The second-order valence-corrected chi connectivity index (χ2v) is 4.89. The van der Waals surface area contributed by atoms with Crippen LogP contribution in [-0.2, 0) is 0 Å². The molecule has 2 aromatic rings. The summed E-state index contributed by atoms with van der Waals surface area (Å²) in [4.78, 5) is 23.2.